The fourth-order valence-electron chi connectivity index (χ4n) is 3.10. The van der Waals surface area contributed by atoms with Crippen LogP contribution >= 0.6 is 0 Å². The topological polar surface area (TPSA) is 55.1 Å². The number of carboxylic acids is 1. The fourth-order valence-corrected chi connectivity index (χ4v) is 3.10. The maximum atomic E-state index is 11.3. The molecule has 0 fully saturated rings. The molecule has 0 saturated heterocycles. The first-order valence-electron chi connectivity index (χ1n) is 8.00. The number of pyridine rings is 1. The van der Waals surface area contributed by atoms with Crippen LogP contribution in [0.25, 0.3) is 27.8 Å². The highest BCUT2D eigenvalue weighted by Crippen LogP contribution is 2.32. The van der Waals surface area contributed by atoms with Gasteiger partial charge in [0.25, 0.3) is 0 Å². The normalized spacial score (nSPS) is 10.9. The molecule has 4 rings (SSSR count). The summed E-state index contributed by atoms with van der Waals surface area (Å²) in [5.41, 5.74) is 5.18. The Kier molecular flexibility index (Phi) is 3.58. The van der Waals surface area contributed by atoms with E-state index in [0.29, 0.717) is 0 Å². The molecule has 0 saturated carbocycles. The summed E-state index contributed by atoms with van der Waals surface area (Å²) in [4.78, 5) is 15.5. The second-order valence-corrected chi connectivity index (χ2v) is 6.03. The standard InChI is InChI=1S/C21H16N2O2/c1-14-7-8-19-16(9-14)11-20(15-5-3-2-4-6-15)23(19)18-10-17(21(24)25)12-22-13-18/h2-13H,1H3,(H,24,25). The lowest BCUT2D eigenvalue weighted by molar-refractivity contribution is 0.0696. The number of aromatic carboxylic acids is 1. The molecule has 0 amide bonds. The lowest BCUT2D eigenvalue weighted by atomic mass is 10.1. The Hall–Kier alpha value is -3.40. The summed E-state index contributed by atoms with van der Waals surface area (Å²) >= 11 is 0. The molecule has 4 aromatic rings. The summed E-state index contributed by atoms with van der Waals surface area (Å²) < 4.78 is 2.06. The molecule has 122 valence electrons. The van der Waals surface area contributed by atoms with Crippen molar-refractivity contribution in [2.24, 2.45) is 0 Å². The van der Waals surface area contributed by atoms with Crippen molar-refractivity contribution in [3.8, 4) is 16.9 Å². The number of aryl methyl sites for hydroxylation is 1. The second-order valence-electron chi connectivity index (χ2n) is 6.03. The first-order chi connectivity index (χ1) is 12.1. The van der Waals surface area contributed by atoms with E-state index in [2.05, 4.69) is 40.7 Å². The van der Waals surface area contributed by atoms with Crippen LogP contribution in [-0.4, -0.2) is 20.6 Å². The van der Waals surface area contributed by atoms with Gasteiger partial charge in [-0.1, -0.05) is 42.0 Å². The summed E-state index contributed by atoms with van der Waals surface area (Å²) in [6.07, 6.45) is 3.06. The number of carboxylic acid groups (broad SMARTS) is 1. The fraction of sp³-hybridized carbons (Fsp3) is 0.0476. The minimum atomic E-state index is -0.983. The van der Waals surface area contributed by atoms with Crippen LogP contribution in [0.1, 0.15) is 15.9 Å². The smallest absolute Gasteiger partial charge is 0.337 e. The summed E-state index contributed by atoms with van der Waals surface area (Å²) in [5, 5.41) is 10.4. The van der Waals surface area contributed by atoms with Crippen LogP contribution < -0.4 is 0 Å². The van der Waals surface area contributed by atoms with Gasteiger partial charge >= 0.3 is 5.97 Å². The van der Waals surface area contributed by atoms with Gasteiger partial charge in [0.2, 0.25) is 0 Å². The molecular weight excluding hydrogens is 312 g/mol. The van der Waals surface area contributed by atoms with E-state index in [1.807, 2.05) is 30.3 Å². The van der Waals surface area contributed by atoms with Gasteiger partial charge in [-0.05, 0) is 36.8 Å². The molecule has 0 aliphatic heterocycles. The maximum absolute atomic E-state index is 11.3. The molecule has 0 bridgehead atoms. The average Bonchev–Trinajstić information content (AvgIpc) is 3.01. The summed E-state index contributed by atoms with van der Waals surface area (Å²) in [7, 11) is 0. The molecule has 0 aliphatic rings. The van der Waals surface area contributed by atoms with Crippen LogP contribution in [-0.2, 0) is 0 Å². The Morgan fingerprint density at radius 1 is 1.00 bits per heavy atom. The first-order valence-corrected chi connectivity index (χ1v) is 8.00. The van der Waals surface area contributed by atoms with Crippen LogP contribution in [0.15, 0.2) is 73.1 Å². The number of aromatic nitrogens is 2. The van der Waals surface area contributed by atoms with Gasteiger partial charge in [-0.15, -0.1) is 0 Å². The molecule has 1 N–H and O–H groups in total. The molecule has 2 aromatic carbocycles. The van der Waals surface area contributed by atoms with E-state index in [0.717, 1.165) is 27.8 Å². The summed E-state index contributed by atoms with van der Waals surface area (Å²) in [6.45, 7) is 2.06. The molecule has 0 atom stereocenters. The molecule has 0 unspecified atom stereocenters. The third-order valence-electron chi connectivity index (χ3n) is 4.26. The van der Waals surface area contributed by atoms with Gasteiger partial charge < -0.3 is 9.67 Å². The molecule has 0 aliphatic carbocycles. The number of benzene rings is 2. The Morgan fingerprint density at radius 3 is 2.56 bits per heavy atom. The number of hydrogen-bond acceptors (Lipinski definition) is 2. The van der Waals surface area contributed by atoms with Gasteiger partial charge in [0.05, 0.1) is 28.7 Å². The van der Waals surface area contributed by atoms with Crippen molar-refractivity contribution < 1.29 is 9.90 Å². The van der Waals surface area contributed by atoms with E-state index in [1.54, 1.807) is 12.3 Å². The van der Waals surface area contributed by atoms with Gasteiger partial charge in [0.1, 0.15) is 0 Å². The number of carbonyl (C=O) groups is 1. The van der Waals surface area contributed by atoms with Crippen LogP contribution in [0.3, 0.4) is 0 Å². The predicted molar refractivity (Wildman–Crippen MR) is 98.2 cm³/mol. The number of hydrogen-bond donors (Lipinski definition) is 1. The highest BCUT2D eigenvalue weighted by atomic mass is 16.4. The quantitative estimate of drug-likeness (QED) is 0.593. The van der Waals surface area contributed by atoms with Crippen molar-refractivity contribution in [1.29, 1.82) is 0 Å². The van der Waals surface area contributed by atoms with E-state index < -0.39 is 5.97 Å². The molecule has 2 aromatic heterocycles. The third-order valence-corrected chi connectivity index (χ3v) is 4.26. The minimum absolute atomic E-state index is 0.172. The SMILES string of the molecule is Cc1ccc2c(c1)cc(-c1ccccc1)n2-c1cncc(C(=O)O)c1. The van der Waals surface area contributed by atoms with Crippen molar-refractivity contribution in [2.45, 2.75) is 6.92 Å². The summed E-state index contributed by atoms with van der Waals surface area (Å²) in [5.74, 6) is -0.983. The lowest BCUT2D eigenvalue weighted by Crippen LogP contribution is -2.02. The van der Waals surface area contributed by atoms with E-state index >= 15 is 0 Å². The Balaban J connectivity index is 2.04. The van der Waals surface area contributed by atoms with Crippen LogP contribution in [0.4, 0.5) is 0 Å². The van der Waals surface area contributed by atoms with Crippen molar-refractivity contribution in [2.75, 3.05) is 0 Å². The van der Waals surface area contributed by atoms with Crippen molar-refractivity contribution in [1.82, 2.24) is 9.55 Å². The molecule has 4 heteroatoms. The second kappa shape index (κ2) is 5.91. The molecule has 0 radical (unpaired) electrons. The van der Waals surface area contributed by atoms with Crippen molar-refractivity contribution >= 4 is 16.9 Å². The van der Waals surface area contributed by atoms with Gasteiger partial charge in [0.15, 0.2) is 0 Å². The van der Waals surface area contributed by atoms with Gasteiger partial charge in [-0.25, -0.2) is 4.79 Å². The van der Waals surface area contributed by atoms with Crippen LogP contribution in [0.2, 0.25) is 0 Å². The zero-order chi connectivity index (χ0) is 17.4. The number of fused-ring (bicyclic) bond motifs is 1. The van der Waals surface area contributed by atoms with E-state index in [4.69, 9.17) is 0 Å². The highest BCUT2D eigenvalue weighted by molar-refractivity contribution is 5.91. The van der Waals surface area contributed by atoms with E-state index in [-0.39, 0.29) is 5.56 Å². The Bertz CT molecular complexity index is 1080. The third kappa shape index (κ3) is 2.68. The van der Waals surface area contributed by atoms with E-state index in [1.165, 1.54) is 11.8 Å². The van der Waals surface area contributed by atoms with Gasteiger partial charge in [-0.2, -0.15) is 0 Å². The highest BCUT2D eigenvalue weighted by Gasteiger charge is 2.14. The molecule has 0 spiro atoms. The van der Waals surface area contributed by atoms with Gasteiger partial charge in [0, 0.05) is 11.6 Å². The molecular formula is C21H16N2O2. The lowest BCUT2D eigenvalue weighted by Gasteiger charge is -2.11. The first kappa shape index (κ1) is 15.1. The summed E-state index contributed by atoms with van der Waals surface area (Å²) in [6, 6.07) is 20.1. The largest absolute Gasteiger partial charge is 0.478 e. The van der Waals surface area contributed by atoms with E-state index in [9.17, 15) is 9.90 Å². The molecule has 2 heterocycles. The maximum Gasteiger partial charge on any atom is 0.337 e. The van der Waals surface area contributed by atoms with Crippen molar-refractivity contribution in [3.05, 3.63) is 84.2 Å². The minimum Gasteiger partial charge on any atom is -0.478 e. The average molecular weight is 328 g/mol. The molecule has 25 heavy (non-hydrogen) atoms. The number of rotatable bonds is 3. The monoisotopic (exact) mass is 328 g/mol. The van der Waals surface area contributed by atoms with Crippen molar-refractivity contribution in [3.63, 3.8) is 0 Å². The molecule has 4 nitrogen and oxygen atoms in total. The Labute approximate surface area is 145 Å². The van der Waals surface area contributed by atoms with Crippen LogP contribution in [0.5, 0.6) is 0 Å². The Morgan fingerprint density at radius 2 is 1.80 bits per heavy atom. The number of nitrogens with zero attached hydrogens (tertiary/aromatic N) is 2. The zero-order valence-electron chi connectivity index (χ0n) is 13.7. The van der Waals surface area contributed by atoms with Gasteiger partial charge in [-0.3, -0.25) is 4.98 Å². The van der Waals surface area contributed by atoms with Crippen LogP contribution in [0, 0.1) is 6.92 Å². The predicted octanol–water partition coefficient (Wildman–Crippen LogP) is 4.70. The zero-order valence-corrected chi connectivity index (χ0v) is 13.7.